The van der Waals surface area contributed by atoms with Crippen LogP contribution in [0.1, 0.15) is 47.8 Å². The summed E-state index contributed by atoms with van der Waals surface area (Å²) in [5.41, 5.74) is 4.50. The first-order chi connectivity index (χ1) is 19.2. The number of para-hydroxylation sites is 1. The highest BCUT2D eigenvalue weighted by molar-refractivity contribution is 6.05. The molecule has 5 heterocycles. The van der Waals surface area contributed by atoms with Gasteiger partial charge in [-0.1, -0.05) is 6.07 Å². The van der Waals surface area contributed by atoms with E-state index in [2.05, 4.69) is 36.5 Å². The Balaban J connectivity index is 1.13. The van der Waals surface area contributed by atoms with Crippen molar-refractivity contribution in [2.24, 2.45) is 0 Å². The van der Waals surface area contributed by atoms with E-state index in [1.807, 2.05) is 39.8 Å². The van der Waals surface area contributed by atoms with Crippen molar-refractivity contribution in [3.05, 3.63) is 60.7 Å². The number of rotatable bonds is 5. The van der Waals surface area contributed by atoms with Crippen LogP contribution in [0.3, 0.4) is 0 Å². The van der Waals surface area contributed by atoms with Crippen molar-refractivity contribution in [3.63, 3.8) is 0 Å². The average Bonchev–Trinajstić information content (AvgIpc) is 3.89. The fraction of sp³-hybridized carbons (Fsp3) is 0.393. The minimum atomic E-state index is -0.309. The molecule has 2 aliphatic heterocycles. The molecule has 4 aliphatic rings. The van der Waals surface area contributed by atoms with Crippen LogP contribution in [0.15, 0.2) is 49.3 Å². The highest BCUT2D eigenvalue weighted by Crippen LogP contribution is 2.50. The molecule has 1 saturated heterocycles. The number of pyridine rings is 1. The van der Waals surface area contributed by atoms with Crippen LogP contribution in [0.5, 0.6) is 5.75 Å². The van der Waals surface area contributed by atoms with E-state index in [1.165, 1.54) is 12.8 Å². The number of nitrogens with zero attached hydrogens (tertiary/aromatic N) is 7. The third-order valence-corrected chi connectivity index (χ3v) is 8.14. The van der Waals surface area contributed by atoms with E-state index in [4.69, 9.17) is 9.47 Å². The topological polar surface area (TPSA) is 112 Å². The number of carbonyl (C=O) groups excluding carboxylic acids is 1. The monoisotopic (exact) mass is 524 g/mol. The molecule has 4 aromatic rings. The van der Waals surface area contributed by atoms with Gasteiger partial charge in [0.2, 0.25) is 0 Å². The molecule has 11 heteroatoms. The lowest BCUT2D eigenvalue weighted by molar-refractivity contribution is 0.102. The SMILES string of the molecule is O=C(Nc1cccc2c1OCC1(CC1)n1ncnc1-2)c1cc(-n2cnc(C3CC3)c2)c(N2CCOCC2)cn1. The van der Waals surface area contributed by atoms with Crippen molar-refractivity contribution in [2.45, 2.75) is 37.1 Å². The summed E-state index contributed by atoms with van der Waals surface area (Å²) in [4.78, 5) is 29.6. The first kappa shape index (κ1) is 22.7. The summed E-state index contributed by atoms with van der Waals surface area (Å²) < 4.78 is 15.8. The molecule has 198 valence electrons. The predicted octanol–water partition coefficient (Wildman–Crippen LogP) is 3.37. The number of ether oxygens (including phenoxy) is 2. The largest absolute Gasteiger partial charge is 0.488 e. The first-order valence-corrected chi connectivity index (χ1v) is 13.5. The Morgan fingerprint density at radius 1 is 1.08 bits per heavy atom. The number of hydrogen-bond donors (Lipinski definition) is 1. The molecule has 2 saturated carbocycles. The molecule has 1 N–H and O–H groups in total. The van der Waals surface area contributed by atoms with Gasteiger partial charge in [-0.3, -0.25) is 4.79 Å². The van der Waals surface area contributed by atoms with E-state index < -0.39 is 0 Å². The molecule has 0 radical (unpaired) electrons. The lowest BCUT2D eigenvalue weighted by Crippen LogP contribution is -2.37. The van der Waals surface area contributed by atoms with Gasteiger partial charge in [0.1, 0.15) is 18.6 Å². The molecular weight excluding hydrogens is 496 g/mol. The number of anilines is 2. The Labute approximate surface area is 224 Å². The average molecular weight is 525 g/mol. The number of amides is 1. The van der Waals surface area contributed by atoms with Crippen molar-refractivity contribution in [1.29, 1.82) is 0 Å². The number of aromatic nitrogens is 6. The van der Waals surface area contributed by atoms with E-state index in [9.17, 15) is 4.79 Å². The fourth-order valence-corrected chi connectivity index (χ4v) is 5.57. The molecular formula is C28H28N8O3. The molecule has 1 amide bonds. The molecule has 3 aromatic heterocycles. The first-order valence-electron chi connectivity index (χ1n) is 13.5. The molecule has 0 bridgehead atoms. The Kier molecular flexibility index (Phi) is 5.03. The highest BCUT2D eigenvalue weighted by atomic mass is 16.5. The van der Waals surface area contributed by atoms with Crippen molar-refractivity contribution < 1.29 is 14.3 Å². The van der Waals surface area contributed by atoms with Gasteiger partial charge in [-0.15, -0.1) is 0 Å². The Bertz CT molecular complexity index is 1580. The van der Waals surface area contributed by atoms with E-state index in [0.717, 1.165) is 54.4 Å². The molecule has 3 fully saturated rings. The maximum absolute atomic E-state index is 13.6. The van der Waals surface area contributed by atoms with E-state index in [-0.39, 0.29) is 11.4 Å². The third-order valence-electron chi connectivity index (χ3n) is 8.14. The van der Waals surface area contributed by atoms with Crippen LogP contribution in [0.2, 0.25) is 0 Å². The highest BCUT2D eigenvalue weighted by Gasteiger charge is 2.50. The van der Waals surface area contributed by atoms with Gasteiger partial charge in [-0.2, -0.15) is 5.10 Å². The second kappa shape index (κ2) is 8.63. The molecule has 8 rings (SSSR count). The molecule has 1 spiro atoms. The summed E-state index contributed by atoms with van der Waals surface area (Å²) in [7, 11) is 0. The van der Waals surface area contributed by atoms with E-state index in [1.54, 1.807) is 12.5 Å². The normalized spacial score (nSPS) is 19.1. The van der Waals surface area contributed by atoms with Crippen molar-refractivity contribution >= 4 is 17.3 Å². The molecule has 1 aromatic carbocycles. The summed E-state index contributed by atoms with van der Waals surface area (Å²) in [6, 6.07) is 7.55. The van der Waals surface area contributed by atoms with E-state index >= 15 is 0 Å². The Hall–Kier alpha value is -4.25. The number of benzene rings is 1. The minimum Gasteiger partial charge on any atom is -0.488 e. The van der Waals surface area contributed by atoms with Crippen LogP contribution in [0.25, 0.3) is 17.1 Å². The molecule has 0 atom stereocenters. The van der Waals surface area contributed by atoms with E-state index in [0.29, 0.717) is 42.9 Å². The van der Waals surface area contributed by atoms with Crippen LogP contribution in [-0.2, 0) is 10.3 Å². The summed E-state index contributed by atoms with van der Waals surface area (Å²) in [6.07, 6.45) is 11.6. The number of fused-ring (bicyclic) bond motifs is 4. The van der Waals surface area contributed by atoms with Crippen LogP contribution >= 0.6 is 0 Å². The zero-order valence-corrected chi connectivity index (χ0v) is 21.4. The van der Waals surface area contributed by atoms with Gasteiger partial charge >= 0.3 is 0 Å². The van der Waals surface area contributed by atoms with Crippen molar-refractivity contribution in [1.82, 2.24) is 29.3 Å². The molecule has 39 heavy (non-hydrogen) atoms. The number of morpholine rings is 1. The van der Waals surface area contributed by atoms with Crippen molar-refractivity contribution in [2.75, 3.05) is 43.1 Å². The molecule has 0 unspecified atom stereocenters. The smallest absolute Gasteiger partial charge is 0.274 e. The number of nitrogens with one attached hydrogen (secondary N) is 1. The zero-order valence-electron chi connectivity index (χ0n) is 21.4. The Morgan fingerprint density at radius 2 is 1.95 bits per heavy atom. The summed E-state index contributed by atoms with van der Waals surface area (Å²) in [5.74, 6) is 1.60. The van der Waals surface area contributed by atoms with Crippen molar-refractivity contribution in [3.8, 4) is 22.8 Å². The standard InChI is InChI=1S/C28H28N8O3/c37-27(33-20-3-1-2-19-25(20)39-15-28(6-7-28)36-26(19)30-16-32-36)21-12-23(35-14-22(31-17-35)18-4-5-18)24(13-29-21)34-8-10-38-11-9-34/h1-3,12-14,16-18H,4-11,15H2,(H,33,37). The van der Waals surface area contributed by atoms with Gasteiger partial charge in [0.25, 0.3) is 5.91 Å². The molecule has 11 nitrogen and oxygen atoms in total. The predicted molar refractivity (Wildman–Crippen MR) is 142 cm³/mol. The second-order valence-corrected chi connectivity index (χ2v) is 10.8. The summed E-state index contributed by atoms with van der Waals surface area (Å²) in [6.45, 7) is 3.35. The van der Waals surface area contributed by atoms with Gasteiger partial charge in [0.05, 0.1) is 59.6 Å². The van der Waals surface area contributed by atoms with Crippen LogP contribution in [0, 0.1) is 0 Å². The van der Waals surface area contributed by atoms with Gasteiger partial charge in [0, 0.05) is 25.2 Å². The van der Waals surface area contributed by atoms with Crippen LogP contribution in [0.4, 0.5) is 11.4 Å². The number of imidazole rings is 1. The maximum atomic E-state index is 13.6. The quantitative estimate of drug-likeness (QED) is 0.423. The lowest BCUT2D eigenvalue weighted by atomic mass is 10.1. The lowest BCUT2D eigenvalue weighted by Gasteiger charge is -2.30. The second-order valence-electron chi connectivity index (χ2n) is 10.8. The fourth-order valence-electron chi connectivity index (χ4n) is 5.57. The van der Waals surface area contributed by atoms with Crippen LogP contribution in [-0.4, -0.2) is 68.1 Å². The minimum absolute atomic E-state index is 0.151. The van der Waals surface area contributed by atoms with Crippen LogP contribution < -0.4 is 15.0 Å². The maximum Gasteiger partial charge on any atom is 0.274 e. The summed E-state index contributed by atoms with van der Waals surface area (Å²) in [5, 5.41) is 7.53. The zero-order chi connectivity index (χ0) is 26.0. The molecule has 2 aliphatic carbocycles. The summed E-state index contributed by atoms with van der Waals surface area (Å²) >= 11 is 0. The van der Waals surface area contributed by atoms with Gasteiger partial charge < -0.3 is 24.3 Å². The van der Waals surface area contributed by atoms with Gasteiger partial charge in [-0.25, -0.2) is 19.6 Å². The van der Waals surface area contributed by atoms with Gasteiger partial charge in [-0.05, 0) is 43.9 Å². The number of carbonyl (C=O) groups is 1. The third kappa shape index (κ3) is 3.87. The Morgan fingerprint density at radius 3 is 2.77 bits per heavy atom. The van der Waals surface area contributed by atoms with Gasteiger partial charge in [0.15, 0.2) is 11.6 Å². The number of hydrogen-bond acceptors (Lipinski definition) is 8.